The Hall–Kier alpha value is -0.910. The van der Waals surface area contributed by atoms with Crippen LogP contribution in [0, 0.1) is 17.3 Å². The van der Waals surface area contributed by atoms with Gasteiger partial charge < -0.3 is 9.84 Å². The first-order valence-corrected chi connectivity index (χ1v) is 12.8. The number of sulfonamides is 1. The Labute approximate surface area is 182 Å². The first kappa shape index (κ1) is 24.7. The summed E-state index contributed by atoms with van der Waals surface area (Å²) in [5, 5.41) is 7.12. The predicted molar refractivity (Wildman–Crippen MR) is 108 cm³/mol. The van der Waals surface area contributed by atoms with Crippen LogP contribution in [0.15, 0.2) is 0 Å². The van der Waals surface area contributed by atoms with Crippen molar-refractivity contribution < 1.29 is 36.2 Å². The average molecular weight is 471 g/mol. The molecule has 0 aromatic carbocycles. The molecule has 11 heteroatoms. The van der Waals surface area contributed by atoms with Gasteiger partial charge in [-0.1, -0.05) is 0 Å². The van der Waals surface area contributed by atoms with Gasteiger partial charge in [0.1, 0.15) is 0 Å². The highest BCUT2D eigenvalue weighted by Gasteiger charge is 2.47. The molecule has 1 spiro atoms. The third-order valence-corrected chi connectivity index (χ3v) is 8.07. The molecule has 31 heavy (non-hydrogen) atoms. The van der Waals surface area contributed by atoms with Crippen LogP contribution >= 0.6 is 0 Å². The number of rotatable bonds is 7. The van der Waals surface area contributed by atoms with E-state index in [1.807, 2.05) is 0 Å². The van der Waals surface area contributed by atoms with Crippen molar-refractivity contribution in [3.63, 3.8) is 0 Å². The molecule has 0 amide bonds. The summed E-state index contributed by atoms with van der Waals surface area (Å²) in [6.45, 7) is 5.61. The summed E-state index contributed by atoms with van der Waals surface area (Å²) in [7, 11) is -3.03. The Morgan fingerprint density at radius 1 is 1.10 bits per heavy atom. The van der Waals surface area contributed by atoms with Crippen molar-refractivity contribution in [2.24, 2.45) is 17.3 Å². The van der Waals surface area contributed by atoms with Crippen molar-refractivity contribution in [2.45, 2.75) is 57.2 Å². The topological polar surface area (TPSA) is 87.2 Å². The number of carboxylic acid groups (broad SMARTS) is 1. The first-order valence-electron chi connectivity index (χ1n) is 10.9. The minimum absolute atomic E-state index is 0.323. The minimum atomic E-state index is -5.08. The van der Waals surface area contributed by atoms with Gasteiger partial charge in [0.05, 0.1) is 12.9 Å². The van der Waals surface area contributed by atoms with Gasteiger partial charge in [-0.05, 0) is 62.2 Å². The van der Waals surface area contributed by atoms with Crippen LogP contribution in [0.3, 0.4) is 0 Å². The highest BCUT2D eigenvalue weighted by atomic mass is 32.2. The Kier molecular flexibility index (Phi) is 7.60. The molecule has 2 heterocycles. The standard InChI is InChI=1S/C18H32N2O3S.C2HF3O2/c1-24(21,22)20-8-6-18(7-9-20)10-17(13-23-12-16-4-5-16)19(14-18)11-15-2-3-15;3-2(4,5)1(6)7/h15-17H,2-14H2,1H3;(H,6,7). The molecular formula is C20H33F3N2O5S. The van der Waals surface area contributed by atoms with Gasteiger partial charge in [-0.25, -0.2) is 17.5 Å². The van der Waals surface area contributed by atoms with E-state index in [0.29, 0.717) is 24.5 Å². The molecule has 0 aromatic heterocycles. The van der Waals surface area contributed by atoms with Crippen molar-refractivity contribution in [1.29, 1.82) is 0 Å². The summed E-state index contributed by atoms with van der Waals surface area (Å²) in [5.41, 5.74) is 0.323. The monoisotopic (exact) mass is 470 g/mol. The lowest BCUT2D eigenvalue weighted by Crippen LogP contribution is -2.43. The number of hydrogen-bond donors (Lipinski definition) is 1. The molecule has 1 unspecified atom stereocenters. The SMILES string of the molecule is CS(=O)(=O)N1CCC2(CC1)CC(COCC1CC1)N(CC1CC1)C2.O=C(O)C(F)(F)F. The quantitative estimate of drug-likeness (QED) is 0.616. The van der Waals surface area contributed by atoms with Gasteiger partial charge in [-0.2, -0.15) is 13.2 Å². The molecular weight excluding hydrogens is 437 g/mol. The second kappa shape index (κ2) is 9.52. The highest BCUT2D eigenvalue weighted by molar-refractivity contribution is 7.88. The third-order valence-electron chi connectivity index (χ3n) is 6.77. The number of piperidine rings is 1. The van der Waals surface area contributed by atoms with E-state index < -0.39 is 22.2 Å². The molecule has 2 aliphatic carbocycles. The smallest absolute Gasteiger partial charge is 0.475 e. The highest BCUT2D eigenvalue weighted by Crippen LogP contribution is 2.45. The van der Waals surface area contributed by atoms with Crippen molar-refractivity contribution in [3.8, 4) is 0 Å². The van der Waals surface area contributed by atoms with E-state index in [-0.39, 0.29) is 0 Å². The van der Waals surface area contributed by atoms with Crippen LogP contribution in [0.4, 0.5) is 13.2 Å². The molecule has 180 valence electrons. The summed E-state index contributed by atoms with van der Waals surface area (Å²) < 4.78 is 63.0. The number of alkyl halides is 3. The second-order valence-electron chi connectivity index (χ2n) is 9.68. The van der Waals surface area contributed by atoms with Crippen molar-refractivity contribution in [1.82, 2.24) is 9.21 Å². The zero-order valence-corrected chi connectivity index (χ0v) is 18.8. The van der Waals surface area contributed by atoms with Crippen molar-refractivity contribution in [2.75, 3.05) is 45.6 Å². The van der Waals surface area contributed by atoms with Crippen LogP contribution in [-0.4, -0.2) is 86.6 Å². The number of ether oxygens (including phenoxy) is 1. The molecule has 1 atom stereocenters. The van der Waals surface area contributed by atoms with E-state index in [4.69, 9.17) is 14.6 Å². The van der Waals surface area contributed by atoms with Gasteiger partial charge in [-0.15, -0.1) is 0 Å². The van der Waals surface area contributed by atoms with E-state index in [0.717, 1.165) is 44.4 Å². The van der Waals surface area contributed by atoms with E-state index in [9.17, 15) is 21.6 Å². The van der Waals surface area contributed by atoms with Gasteiger partial charge in [-0.3, -0.25) is 4.90 Å². The number of aliphatic carboxylic acids is 1. The first-order chi connectivity index (χ1) is 14.4. The molecule has 4 fully saturated rings. The van der Waals surface area contributed by atoms with Crippen LogP contribution in [0.25, 0.3) is 0 Å². The number of nitrogens with zero attached hydrogens (tertiary/aromatic N) is 2. The largest absolute Gasteiger partial charge is 0.490 e. The maximum Gasteiger partial charge on any atom is 0.490 e. The lowest BCUT2D eigenvalue weighted by Gasteiger charge is -2.38. The predicted octanol–water partition coefficient (Wildman–Crippen LogP) is 2.57. The maximum absolute atomic E-state index is 11.8. The van der Waals surface area contributed by atoms with Gasteiger partial charge in [0, 0.05) is 38.8 Å². The zero-order chi connectivity index (χ0) is 22.9. The fourth-order valence-corrected chi connectivity index (χ4v) is 5.42. The summed E-state index contributed by atoms with van der Waals surface area (Å²) >= 11 is 0. The van der Waals surface area contributed by atoms with Gasteiger partial charge in [0.25, 0.3) is 0 Å². The summed E-state index contributed by atoms with van der Waals surface area (Å²) in [5.74, 6) is -1.02. The summed E-state index contributed by atoms with van der Waals surface area (Å²) in [6, 6.07) is 0.550. The van der Waals surface area contributed by atoms with E-state index in [1.165, 1.54) is 44.9 Å². The van der Waals surface area contributed by atoms with Crippen LogP contribution in [0.1, 0.15) is 44.9 Å². The Balaban J connectivity index is 0.000000339. The summed E-state index contributed by atoms with van der Waals surface area (Å²) in [4.78, 5) is 11.6. The fraction of sp³-hybridized carbons (Fsp3) is 0.950. The number of halogens is 3. The Morgan fingerprint density at radius 3 is 2.10 bits per heavy atom. The molecule has 7 nitrogen and oxygen atoms in total. The molecule has 2 saturated heterocycles. The van der Waals surface area contributed by atoms with E-state index in [2.05, 4.69) is 4.90 Å². The number of carbonyl (C=O) groups is 1. The fourth-order valence-electron chi connectivity index (χ4n) is 4.57. The molecule has 0 radical (unpaired) electrons. The molecule has 4 rings (SSSR count). The molecule has 2 aliphatic heterocycles. The second-order valence-corrected chi connectivity index (χ2v) is 11.7. The molecule has 0 aromatic rings. The maximum atomic E-state index is 11.8. The summed E-state index contributed by atoms with van der Waals surface area (Å²) in [6.07, 6.45) is 4.96. The molecule has 4 aliphatic rings. The van der Waals surface area contributed by atoms with Gasteiger partial charge in [0.15, 0.2) is 0 Å². The average Bonchev–Trinajstić information content (AvgIpc) is 3.56. The van der Waals surface area contributed by atoms with Gasteiger partial charge >= 0.3 is 12.1 Å². The van der Waals surface area contributed by atoms with Crippen LogP contribution in [0.2, 0.25) is 0 Å². The Bertz CT molecular complexity index is 730. The normalized spacial score (nSPS) is 27.2. The third kappa shape index (κ3) is 7.57. The minimum Gasteiger partial charge on any atom is -0.475 e. The lowest BCUT2D eigenvalue weighted by atomic mass is 9.77. The lowest BCUT2D eigenvalue weighted by molar-refractivity contribution is -0.192. The van der Waals surface area contributed by atoms with Crippen molar-refractivity contribution >= 4 is 16.0 Å². The van der Waals surface area contributed by atoms with E-state index in [1.54, 1.807) is 4.31 Å². The molecule has 0 bridgehead atoms. The van der Waals surface area contributed by atoms with Crippen molar-refractivity contribution in [3.05, 3.63) is 0 Å². The zero-order valence-electron chi connectivity index (χ0n) is 17.9. The molecule has 1 N–H and O–H groups in total. The van der Waals surface area contributed by atoms with Crippen LogP contribution in [0.5, 0.6) is 0 Å². The Morgan fingerprint density at radius 2 is 1.65 bits per heavy atom. The number of carboxylic acids is 1. The number of likely N-dealkylation sites (tertiary alicyclic amines) is 1. The molecule has 2 saturated carbocycles. The van der Waals surface area contributed by atoms with Crippen LogP contribution in [-0.2, 0) is 19.6 Å². The number of hydrogen-bond acceptors (Lipinski definition) is 5. The van der Waals surface area contributed by atoms with E-state index >= 15 is 0 Å². The van der Waals surface area contributed by atoms with Crippen LogP contribution < -0.4 is 0 Å². The van der Waals surface area contributed by atoms with Gasteiger partial charge in [0.2, 0.25) is 10.0 Å².